The maximum atomic E-state index is 10.0. The van der Waals surface area contributed by atoms with Gasteiger partial charge < -0.3 is 5.11 Å². The standard InChI is InChI=1S/C15H14OS/c16-15-10-17-9-13-7-6-12(8-14(13)15)11-4-2-1-3-5-11/h1-8,15-16H,9-10H2. The third-order valence-electron chi connectivity index (χ3n) is 3.15. The van der Waals surface area contributed by atoms with Crippen LogP contribution in [0.3, 0.4) is 0 Å². The number of thioether (sulfide) groups is 1. The normalized spacial score (nSPS) is 18.8. The summed E-state index contributed by atoms with van der Waals surface area (Å²) in [5, 5.41) is 10.0. The minimum Gasteiger partial charge on any atom is -0.388 e. The van der Waals surface area contributed by atoms with E-state index in [0.29, 0.717) is 0 Å². The molecule has 2 aromatic rings. The van der Waals surface area contributed by atoms with Crippen molar-refractivity contribution in [3.05, 3.63) is 59.7 Å². The summed E-state index contributed by atoms with van der Waals surface area (Å²) in [6, 6.07) is 16.7. The van der Waals surface area contributed by atoms with Gasteiger partial charge in [0.15, 0.2) is 0 Å². The van der Waals surface area contributed by atoms with Crippen molar-refractivity contribution in [1.82, 2.24) is 0 Å². The molecule has 0 radical (unpaired) electrons. The van der Waals surface area contributed by atoms with Crippen molar-refractivity contribution in [3.8, 4) is 11.1 Å². The Hall–Kier alpha value is -1.25. The van der Waals surface area contributed by atoms with Crippen molar-refractivity contribution >= 4 is 11.8 Å². The molecule has 0 saturated heterocycles. The highest BCUT2D eigenvalue weighted by Gasteiger charge is 2.18. The molecule has 0 aromatic heterocycles. The molecule has 1 N–H and O–H groups in total. The zero-order chi connectivity index (χ0) is 11.7. The van der Waals surface area contributed by atoms with Crippen molar-refractivity contribution in [2.45, 2.75) is 11.9 Å². The first kappa shape index (κ1) is 10.9. The Morgan fingerprint density at radius 1 is 1.00 bits per heavy atom. The zero-order valence-electron chi connectivity index (χ0n) is 9.47. The van der Waals surface area contributed by atoms with Crippen LogP contribution in [0.4, 0.5) is 0 Å². The zero-order valence-corrected chi connectivity index (χ0v) is 10.3. The lowest BCUT2D eigenvalue weighted by atomic mass is 9.97. The van der Waals surface area contributed by atoms with E-state index < -0.39 is 0 Å². The van der Waals surface area contributed by atoms with E-state index in [1.54, 1.807) is 11.8 Å². The lowest BCUT2D eigenvalue weighted by Gasteiger charge is -2.21. The minimum absolute atomic E-state index is 0.313. The van der Waals surface area contributed by atoms with Crippen molar-refractivity contribution in [1.29, 1.82) is 0 Å². The van der Waals surface area contributed by atoms with Crippen LogP contribution in [0.1, 0.15) is 17.2 Å². The summed E-state index contributed by atoms with van der Waals surface area (Å²) in [6.07, 6.45) is -0.313. The molecule has 0 aliphatic carbocycles. The molecule has 3 rings (SSSR count). The average molecular weight is 242 g/mol. The van der Waals surface area contributed by atoms with Gasteiger partial charge in [0.05, 0.1) is 6.10 Å². The summed E-state index contributed by atoms with van der Waals surface area (Å²) in [5.41, 5.74) is 4.77. The lowest BCUT2D eigenvalue weighted by molar-refractivity contribution is 0.202. The quantitative estimate of drug-likeness (QED) is 0.824. The fourth-order valence-corrected chi connectivity index (χ4v) is 3.22. The van der Waals surface area contributed by atoms with Gasteiger partial charge in [-0.25, -0.2) is 0 Å². The molecule has 2 aromatic carbocycles. The number of hydrogen-bond acceptors (Lipinski definition) is 2. The SMILES string of the molecule is OC1CSCc2ccc(-c3ccccc3)cc21. The highest BCUT2D eigenvalue weighted by Crippen LogP contribution is 2.34. The molecule has 1 nitrogen and oxygen atoms in total. The second kappa shape index (κ2) is 4.55. The van der Waals surface area contributed by atoms with Crippen LogP contribution < -0.4 is 0 Å². The van der Waals surface area contributed by atoms with Crippen LogP contribution in [0.2, 0.25) is 0 Å². The first-order valence-electron chi connectivity index (χ1n) is 5.78. The highest BCUT2D eigenvalue weighted by atomic mass is 32.2. The molecule has 1 aliphatic rings. The van der Waals surface area contributed by atoms with Gasteiger partial charge in [0.2, 0.25) is 0 Å². The van der Waals surface area contributed by atoms with Gasteiger partial charge >= 0.3 is 0 Å². The molecule has 1 heterocycles. The molecule has 1 unspecified atom stereocenters. The highest BCUT2D eigenvalue weighted by molar-refractivity contribution is 7.98. The molecule has 0 amide bonds. The summed E-state index contributed by atoms with van der Waals surface area (Å²) < 4.78 is 0. The van der Waals surface area contributed by atoms with Crippen LogP contribution in [0.25, 0.3) is 11.1 Å². The van der Waals surface area contributed by atoms with E-state index in [2.05, 4.69) is 30.3 Å². The van der Waals surface area contributed by atoms with E-state index in [1.165, 1.54) is 16.7 Å². The van der Waals surface area contributed by atoms with Gasteiger partial charge in [-0.2, -0.15) is 11.8 Å². The molecule has 2 heteroatoms. The smallest absolute Gasteiger partial charge is 0.0883 e. The lowest BCUT2D eigenvalue weighted by Crippen LogP contribution is -2.09. The molecule has 0 spiro atoms. The molecule has 1 aliphatic heterocycles. The second-order valence-corrected chi connectivity index (χ2v) is 5.34. The van der Waals surface area contributed by atoms with Gasteiger partial charge in [-0.05, 0) is 28.3 Å². The molecule has 17 heavy (non-hydrogen) atoms. The van der Waals surface area contributed by atoms with E-state index in [4.69, 9.17) is 0 Å². The van der Waals surface area contributed by atoms with Crippen LogP contribution >= 0.6 is 11.8 Å². The van der Waals surface area contributed by atoms with E-state index in [-0.39, 0.29) is 6.10 Å². The van der Waals surface area contributed by atoms with Gasteiger partial charge in [-0.15, -0.1) is 0 Å². The summed E-state index contributed by atoms with van der Waals surface area (Å²) in [7, 11) is 0. The summed E-state index contributed by atoms with van der Waals surface area (Å²) in [4.78, 5) is 0. The maximum Gasteiger partial charge on any atom is 0.0883 e. The first-order valence-corrected chi connectivity index (χ1v) is 6.94. The van der Waals surface area contributed by atoms with Crippen molar-refractivity contribution in [2.24, 2.45) is 0 Å². The third kappa shape index (κ3) is 2.11. The Balaban J connectivity index is 2.06. The summed E-state index contributed by atoms with van der Waals surface area (Å²) in [5.74, 6) is 1.83. The van der Waals surface area contributed by atoms with Gasteiger partial charge in [-0.1, -0.05) is 42.5 Å². The Bertz CT molecular complexity index is 522. The van der Waals surface area contributed by atoms with E-state index >= 15 is 0 Å². The summed E-state index contributed by atoms with van der Waals surface area (Å²) in [6.45, 7) is 0. The van der Waals surface area contributed by atoms with E-state index in [0.717, 1.165) is 17.1 Å². The Kier molecular flexibility index (Phi) is 2.91. The Labute approximate surface area is 105 Å². The monoisotopic (exact) mass is 242 g/mol. The van der Waals surface area contributed by atoms with Crippen LogP contribution in [-0.2, 0) is 5.75 Å². The van der Waals surface area contributed by atoms with Crippen LogP contribution in [0.5, 0.6) is 0 Å². The number of aliphatic hydroxyl groups excluding tert-OH is 1. The third-order valence-corrected chi connectivity index (χ3v) is 4.21. The molecule has 86 valence electrons. The predicted octanol–water partition coefficient (Wildman–Crippen LogP) is 3.63. The van der Waals surface area contributed by atoms with Gasteiger partial charge in [0.1, 0.15) is 0 Å². The van der Waals surface area contributed by atoms with Gasteiger partial charge in [0.25, 0.3) is 0 Å². The van der Waals surface area contributed by atoms with E-state index in [1.807, 2.05) is 18.2 Å². The molecule has 1 atom stereocenters. The first-order chi connectivity index (χ1) is 8.34. The van der Waals surface area contributed by atoms with Gasteiger partial charge in [0, 0.05) is 11.5 Å². The Morgan fingerprint density at radius 2 is 1.82 bits per heavy atom. The fraction of sp³-hybridized carbons (Fsp3) is 0.200. The number of hydrogen-bond donors (Lipinski definition) is 1. The van der Waals surface area contributed by atoms with E-state index in [9.17, 15) is 5.11 Å². The van der Waals surface area contributed by atoms with Crippen LogP contribution in [-0.4, -0.2) is 10.9 Å². The second-order valence-electron chi connectivity index (χ2n) is 4.31. The maximum absolute atomic E-state index is 10.0. The number of benzene rings is 2. The van der Waals surface area contributed by atoms with Crippen molar-refractivity contribution < 1.29 is 5.11 Å². The minimum atomic E-state index is -0.313. The van der Waals surface area contributed by atoms with Crippen molar-refractivity contribution in [2.75, 3.05) is 5.75 Å². The topological polar surface area (TPSA) is 20.2 Å². The van der Waals surface area contributed by atoms with Crippen LogP contribution in [0, 0.1) is 0 Å². The average Bonchev–Trinajstić information content (AvgIpc) is 2.40. The molecule has 0 fully saturated rings. The molecular formula is C15H14OS. The number of rotatable bonds is 1. The van der Waals surface area contributed by atoms with Gasteiger partial charge in [-0.3, -0.25) is 0 Å². The molecule has 0 saturated carbocycles. The number of aliphatic hydroxyl groups is 1. The number of fused-ring (bicyclic) bond motifs is 1. The predicted molar refractivity (Wildman–Crippen MR) is 73.0 cm³/mol. The summed E-state index contributed by atoms with van der Waals surface area (Å²) >= 11 is 1.80. The van der Waals surface area contributed by atoms with Crippen molar-refractivity contribution in [3.63, 3.8) is 0 Å². The molecule has 0 bridgehead atoms. The largest absolute Gasteiger partial charge is 0.388 e. The fourth-order valence-electron chi connectivity index (χ4n) is 2.22. The molecular weight excluding hydrogens is 228 g/mol. The Morgan fingerprint density at radius 3 is 2.65 bits per heavy atom. The van der Waals surface area contributed by atoms with Crippen LogP contribution in [0.15, 0.2) is 48.5 Å².